The number of fused-ring (bicyclic) bond motifs is 1. The molecule has 2 fully saturated rings. The van der Waals surface area contributed by atoms with E-state index in [1.54, 1.807) is 6.33 Å². The zero-order chi connectivity index (χ0) is 16.7. The van der Waals surface area contributed by atoms with E-state index in [1.165, 1.54) is 5.69 Å². The van der Waals surface area contributed by atoms with Crippen molar-refractivity contribution in [3.63, 3.8) is 0 Å². The average molecular weight is 325 g/mol. The van der Waals surface area contributed by atoms with E-state index in [0.29, 0.717) is 11.8 Å². The molecule has 6 heteroatoms. The molecule has 0 spiro atoms. The van der Waals surface area contributed by atoms with Crippen molar-refractivity contribution < 1.29 is 4.79 Å². The van der Waals surface area contributed by atoms with Gasteiger partial charge in [0.1, 0.15) is 12.1 Å². The lowest BCUT2D eigenvalue weighted by Gasteiger charge is -2.36. The number of anilines is 2. The predicted octanol–water partition coefficient (Wildman–Crippen LogP) is 1.75. The third-order valence-corrected chi connectivity index (χ3v) is 4.90. The summed E-state index contributed by atoms with van der Waals surface area (Å²) in [5.41, 5.74) is 2.14. The topological polar surface area (TPSA) is 52.6 Å². The van der Waals surface area contributed by atoms with Crippen LogP contribution < -0.4 is 9.80 Å². The maximum absolute atomic E-state index is 12.2. The number of hydrogen-bond acceptors (Lipinski definition) is 5. The molecule has 126 valence electrons. The van der Waals surface area contributed by atoms with Gasteiger partial charge in [0.15, 0.2) is 0 Å². The maximum Gasteiger partial charge on any atom is 0.225 e. The Balaban J connectivity index is 1.54. The third-order valence-electron chi connectivity index (χ3n) is 4.90. The van der Waals surface area contributed by atoms with Crippen LogP contribution in [0.1, 0.15) is 12.8 Å². The fraction of sp³-hybridized carbons (Fsp3) is 0.500. The number of piperazine rings is 1. The van der Waals surface area contributed by atoms with Crippen LogP contribution in [0.25, 0.3) is 10.9 Å². The quantitative estimate of drug-likeness (QED) is 0.861. The van der Waals surface area contributed by atoms with Crippen molar-refractivity contribution in [1.82, 2.24) is 14.9 Å². The third kappa shape index (κ3) is 2.77. The second kappa shape index (κ2) is 5.92. The number of carbonyl (C=O) groups is 1. The van der Waals surface area contributed by atoms with Crippen LogP contribution >= 0.6 is 0 Å². The summed E-state index contributed by atoms with van der Waals surface area (Å²) in [6.45, 7) is 3.41. The van der Waals surface area contributed by atoms with E-state index >= 15 is 0 Å². The van der Waals surface area contributed by atoms with Crippen LogP contribution in [0, 0.1) is 5.92 Å². The van der Waals surface area contributed by atoms with Crippen LogP contribution in [-0.2, 0) is 4.79 Å². The highest BCUT2D eigenvalue weighted by atomic mass is 16.2. The predicted molar refractivity (Wildman–Crippen MR) is 95.4 cm³/mol. The largest absolute Gasteiger partial charge is 0.368 e. The standard InChI is InChI=1S/C18H23N5O/c1-21(2)17-15-11-14(5-6-16(15)19-12-20-17)22-7-9-23(10-8-22)18(24)13-3-4-13/h5-6,11-13H,3-4,7-10H2,1-2H3. The highest BCUT2D eigenvalue weighted by Gasteiger charge is 2.34. The number of aromatic nitrogens is 2. The lowest BCUT2D eigenvalue weighted by atomic mass is 10.1. The lowest BCUT2D eigenvalue weighted by molar-refractivity contribution is -0.132. The van der Waals surface area contributed by atoms with Gasteiger partial charge in [-0.15, -0.1) is 0 Å². The minimum absolute atomic E-state index is 0.317. The Labute approximate surface area is 142 Å². The molecule has 6 nitrogen and oxygen atoms in total. The Hall–Kier alpha value is -2.37. The highest BCUT2D eigenvalue weighted by Crippen LogP contribution is 2.32. The van der Waals surface area contributed by atoms with E-state index < -0.39 is 0 Å². The monoisotopic (exact) mass is 325 g/mol. The van der Waals surface area contributed by atoms with Gasteiger partial charge in [0, 0.05) is 57.3 Å². The number of benzene rings is 1. The maximum atomic E-state index is 12.2. The van der Waals surface area contributed by atoms with E-state index in [-0.39, 0.29) is 0 Å². The van der Waals surface area contributed by atoms with Gasteiger partial charge < -0.3 is 14.7 Å². The summed E-state index contributed by atoms with van der Waals surface area (Å²) in [5.74, 6) is 1.61. The first-order valence-corrected chi connectivity index (χ1v) is 8.59. The zero-order valence-electron chi connectivity index (χ0n) is 14.3. The number of rotatable bonds is 3. The fourth-order valence-corrected chi connectivity index (χ4v) is 3.36. The molecule has 2 heterocycles. The van der Waals surface area contributed by atoms with Gasteiger partial charge in [-0.2, -0.15) is 0 Å². The van der Waals surface area contributed by atoms with Crippen LogP contribution in [0.3, 0.4) is 0 Å². The first-order valence-electron chi connectivity index (χ1n) is 8.59. The Morgan fingerprint density at radius 1 is 1.12 bits per heavy atom. The number of carbonyl (C=O) groups excluding carboxylic acids is 1. The van der Waals surface area contributed by atoms with E-state index in [0.717, 1.165) is 55.7 Å². The van der Waals surface area contributed by atoms with Crippen molar-refractivity contribution in [3.05, 3.63) is 24.5 Å². The van der Waals surface area contributed by atoms with E-state index in [9.17, 15) is 4.79 Å². The van der Waals surface area contributed by atoms with Gasteiger partial charge in [0.05, 0.1) is 5.52 Å². The Morgan fingerprint density at radius 2 is 1.88 bits per heavy atom. The Bertz CT molecular complexity index is 763. The van der Waals surface area contributed by atoms with Crippen LogP contribution in [0.5, 0.6) is 0 Å². The Morgan fingerprint density at radius 3 is 2.54 bits per heavy atom. The fourth-order valence-electron chi connectivity index (χ4n) is 3.36. The second-order valence-corrected chi connectivity index (χ2v) is 6.88. The van der Waals surface area contributed by atoms with Gasteiger partial charge in [0.25, 0.3) is 0 Å². The average Bonchev–Trinajstić information content (AvgIpc) is 3.45. The molecular formula is C18H23N5O. The molecular weight excluding hydrogens is 302 g/mol. The minimum atomic E-state index is 0.317. The summed E-state index contributed by atoms with van der Waals surface area (Å²) >= 11 is 0. The van der Waals surface area contributed by atoms with E-state index in [2.05, 4.69) is 33.1 Å². The normalized spacial score (nSPS) is 18.1. The van der Waals surface area contributed by atoms with Gasteiger partial charge in [-0.05, 0) is 31.0 Å². The summed E-state index contributed by atoms with van der Waals surface area (Å²) in [6.07, 6.45) is 3.77. The zero-order valence-corrected chi connectivity index (χ0v) is 14.3. The molecule has 1 aliphatic heterocycles. The van der Waals surface area contributed by atoms with Crippen molar-refractivity contribution >= 4 is 28.3 Å². The van der Waals surface area contributed by atoms with Crippen molar-refractivity contribution in [2.45, 2.75) is 12.8 Å². The molecule has 1 saturated carbocycles. The van der Waals surface area contributed by atoms with Crippen LogP contribution in [0.4, 0.5) is 11.5 Å². The molecule has 1 amide bonds. The SMILES string of the molecule is CN(C)c1ncnc2ccc(N3CCN(C(=O)C4CC4)CC3)cc12. The van der Waals surface area contributed by atoms with E-state index in [1.807, 2.05) is 23.9 Å². The Kier molecular flexibility index (Phi) is 3.75. The van der Waals surface area contributed by atoms with Gasteiger partial charge >= 0.3 is 0 Å². The summed E-state index contributed by atoms with van der Waals surface area (Å²) in [5, 5.41) is 1.07. The van der Waals surface area contributed by atoms with Crippen LogP contribution in [0.15, 0.2) is 24.5 Å². The van der Waals surface area contributed by atoms with Crippen molar-refractivity contribution in [2.75, 3.05) is 50.1 Å². The summed E-state index contributed by atoms with van der Waals surface area (Å²) in [4.78, 5) is 27.3. The summed E-state index contributed by atoms with van der Waals surface area (Å²) in [7, 11) is 3.99. The molecule has 0 radical (unpaired) electrons. The van der Waals surface area contributed by atoms with Crippen LogP contribution in [-0.4, -0.2) is 61.0 Å². The molecule has 1 saturated heterocycles. The van der Waals surface area contributed by atoms with Gasteiger partial charge in [-0.1, -0.05) is 0 Å². The van der Waals surface area contributed by atoms with Gasteiger partial charge in [0.2, 0.25) is 5.91 Å². The first kappa shape index (κ1) is 15.2. The molecule has 4 rings (SSSR count). The molecule has 0 bridgehead atoms. The first-order chi connectivity index (χ1) is 11.6. The minimum Gasteiger partial charge on any atom is -0.368 e. The van der Waals surface area contributed by atoms with Crippen molar-refractivity contribution in [1.29, 1.82) is 0 Å². The molecule has 0 atom stereocenters. The van der Waals surface area contributed by atoms with E-state index in [4.69, 9.17) is 0 Å². The molecule has 1 aliphatic carbocycles. The molecule has 24 heavy (non-hydrogen) atoms. The van der Waals surface area contributed by atoms with Crippen molar-refractivity contribution in [2.24, 2.45) is 5.92 Å². The molecule has 2 aromatic rings. The number of amides is 1. The summed E-state index contributed by atoms with van der Waals surface area (Å²) in [6, 6.07) is 6.34. The lowest BCUT2D eigenvalue weighted by Crippen LogP contribution is -2.49. The molecule has 0 unspecified atom stereocenters. The van der Waals surface area contributed by atoms with Crippen molar-refractivity contribution in [3.8, 4) is 0 Å². The van der Waals surface area contributed by atoms with Gasteiger partial charge in [-0.25, -0.2) is 9.97 Å². The van der Waals surface area contributed by atoms with Crippen LogP contribution in [0.2, 0.25) is 0 Å². The molecule has 2 aliphatic rings. The second-order valence-electron chi connectivity index (χ2n) is 6.88. The molecule has 1 aromatic carbocycles. The highest BCUT2D eigenvalue weighted by molar-refractivity contribution is 5.91. The number of nitrogens with zero attached hydrogens (tertiary/aromatic N) is 5. The molecule has 1 aromatic heterocycles. The smallest absolute Gasteiger partial charge is 0.225 e. The summed E-state index contributed by atoms with van der Waals surface area (Å²) < 4.78 is 0. The van der Waals surface area contributed by atoms with Gasteiger partial charge in [-0.3, -0.25) is 4.79 Å². The molecule has 0 N–H and O–H groups in total. The number of hydrogen-bond donors (Lipinski definition) is 0.